The molecule has 1 aromatic carbocycles. The van der Waals surface area contributed by atoms with Gasteiger partial charge in [-0.3, -0.25) is 4.79 Å². The molecule has 2 rings (SSSR count). The van der Waals surface area contributed by atoms with Gasteiger partial charge >= 0.3 is 0 Å². The molecule has 0 amide bonds. The summed E-state index contributed by atoms with van der Waals surface area (Å²) in [6.45, 7) is 3.27. The number of ketones is 1. The van der Waals surface area contributed by atoms with E-state index < -0.39 is 0 Å². The molecule has 19 heavy (non-hydrogen) atoms. The minimum Gasteiger partial charge on any atom is -0.381 e. The van der Waals surface area contributed by atoms with E-state index in [0.29, 0.717) is 17.2 Å². The van der Waals surface area contributed by atoms with Gasteiger partial charge in [0.1, 0.15) is 0 Å². The highest BCUT2D eigenvalue weighted by Gasteiger charge is 2.22. The molecule has 0 N–H and O–H groups in total. The molecule has 1 aliphatic rings. The summed E-state index contributed by atoms with van der Waals surface area (Å²) < 4.78 is 5.35. The molecule has 0 aliphatic carbocycles. The largest absolute Gasteiger partial charge is 0.381 e. The summed E-state index contributed by atoms with van der Waals surface area (Å²) in [4.78, 5) is 13.9. The van der Waals surface area contributed by atoms with Gasteiger partial charge in [0, 0.05) is 31.5 Å². The standard InChI is InChI=1S/C15H18N2O2/c1-11(18)14-4-3-12(10-16)9-15(14)17-7-5-13(19-2)6-8-17/h3-4,9,13H,5-8H2,1-2H3. The monoisotopic (exact) mass is 258 g/mol. The van der Waals surface area contributed by atoms with Gasteiger partial charge in [-0.2, -0.15) is 5.26 Å². The lowest BCUT2D eigenvalue weighted by Crippen LogP contribution is -2.37. The summed E-state index contributed by atoms with van der Waals surface area (Å²) in [5, 5.41) is 9.00. The number of anilines is 1. The third kappa shape index (κ3) is 2.94. The van der Waals surface area contributed by atoms with Crippen LogP contribution in [0.2, 0.25) is 0 Å². The Hall–Kier alpha value is -1.86. The first kappa shape index (κ1) is 13.6. The van der Waals surface area contributed by atoms with Gasteiger partial charge in [0.2, 0.25) is 0 Å². The Morgan fingerprint density at radius 2 is 2.11 bits per heavy atom. The van der Waals surface area contributed by atoms with E-state index in [1.165, 1.54) is 0 Å². The van der Waals surface area contributed by atoms with Gasteiger partial charge in [-0.05, 0) is 38.0 Å². The molecule has 0 saturated carbocycles. The minimum absolute atomic E-state index is 0.0355. The highest BCUT2D eigenvalue weighted by atomic mass is 16.5. The third-order valence-corrected chi connectivity index (χ3v) is 3.62. The van der Waals surface area contributed by atoms with Gasteiger partial charge in [-0.15, -0.1) is 0 Å². The van der Waals surface area contributed by atoms with Crippen LogP contribution in [0.3, 0.4) is 0 Å². The van der Waals surface area contributed by atoms with Crippen molar-refractivity contribution in [2.24, 2.45) is 0 Å². The second kappa shape index (κ2) is 5.85. The Morgan fingerprint density at radius 3 is 2.63 bits per heavy atom. The van der Waals surface area contributed by atoms with Crippen molar-refractivity contribution in [1.29, 1.82) is 5.26 Å². The highest BCUT2D eigenvalue weighted by molar-refractivity contribution is 6.00. The molecule has 100 valence electrons. The van der Waals surface area contributed by atoms with Crippen molar-refractivity contribution >= 4 is 11.5 Å². The summed E-state index contributed by atoms with van der Waals surface area (Å²) >= 11 is 0. The van der Waals surface area contributed by atoms with Crippen molar-refractivity contribution in [1.82, 2.24) is 0 Å². The minimum atomic E-state index is 0.0355. The van der Waals surface area contributed by atoms with Crippen LogP contribution in [0.15, 0.2) is 18.2 Å². The summed E-state index contributed by atoms with van der Waals surface area (Å²) in [5.41, 5.74) is 2.16. The van der Waals surface area contributed by atoms with Crippen LogP contribution in [-0.4, -0.2) is 32.1 Å². The van der Waals surface area contributed by atoms with Crippen LogP contribution in [0.1, 0.15) is 35.7 Å². The highest BCUT2D eigenvalue weighted by Crippen LogP contribution is 2.26. The molecule has 4 nitrogen and oxygen atoms in total. The van der Waals surface area contributed by atoms with E-state index in [4.69, 9.17) is 10.00 Å². The predicted molar refractivity (Wildman–Crippen MR) is 73.4 cm³/mol. The van der Waals surface area contributed by atoms with E-state index in [2.05, 4.69) is 11.0 Å². The topological polar surface area (TPSA) is 53.3 Å². The lowest BCUT2D eigenvalue weighted by atomic mass is 10.0. The van der Waals surface area contributed by atoms with E-state index in [0.717, 1.165) is 31.6 Å². The van der Waals surface area contributed by atoms with Crippen molar-refractivity contribution in [3.8, 4) is 6.07 Å². The average molecular weight is 258 g/mol. The molecule has 4 heteroatoms. The van der Waals surface area contributed by atoms with E-state index >= 15 is 0 Å². The lowest BCUT2D eigenvalue weighted by molar-refractivity contribution is 0.0818. The quantitative estimate of drug-likeness (QED) is 0.781. The fraction of sp³-hybridized carbons (Fsp3) is 0.467. The second-order valence-electron chi connectivity index (χ2n) is 4.82. The number of rotatable bonds is 3. The molecule has 1 heterocycles. The van der Waals surface area contributed by atoms with Crippen LogP contribution >= 0.6 is 0 Å². The predicted octanol–water partition coefficient (Wildman–Crippen LogP) is 2.38. The number of carbonyl (C=O) groups is 1. The fourth-order valence-corrected chi connectivity index (χ4v) is 2.49. The van der Waals surface area contributed by atoms with Crippen molar-refractivity contribution < 1.29 is 9.53 Å². The number of carbonyl (C=O) groups excluding carboxylic acids is 1. The van der Waals surface area contributed by atoms with Gasteiger partial charge in [0.15, 0.2) is 5.78 Å². The second-order valence-corrected chi connectivity index (χ2v) is 4.82. The van der Waals surface area contributed by atoms with E-state index in [1.54, 1.807) is 26.2 Å². The Labute approximate surface area is 113 Å². The molecular formula is C15H18N2O2. The van der Waals surface area contributed by atoms with Crippen LogP contribution in [0.5, 0.6) is 0 Å². The fourth-order valence-electron chi connectivity index (χ4n) is 2.49. The van der Waals surface area contributed by atoms with Crippen LogP contribution < -0.4 is 4.90 Å². The summed E-state index contributed by atoms with van der Waals surface area (Å²) in [6.07, 6.45) is 2.20. The normalized spacial score (nSPS) is 16.2. The van der Waals surface area contributed by atoms with Crippen LogP contribution in [0.4, 0.5) is 5.69 Å². The van der Waals surface area contributed by atoms with Gasteiger partial charge < -0.3 is 9.64 Å². The summed E-state index contributed by atoms with van der Waals surface area (Å²) in [6, 6.07) is 7.38. The molecule has 0 radical (unpaired) electrons. The first-order valence-electron chi connectivity index (χ1n) is 6.48. The molecule has 1 fully saturated rings. The van der Waals surface area contributed by atoms with Crippen LogP contribution in [0.25, 0.3) is 0 Å². The molecule has 0 spiro atoms. The molecule has 1 saturated heterocycles. The van der Waals surface area contributed by atoms with Crippen LogP contribution in [0, 0.1) is 11.3 Å². The van der Waals surface area contributed by atoms with Crippen molar-refractivity contribution in [2.45, 2.75) is 25.9 Å². The Kier molecular flexibility index (Phi) is 4.18. The maximum absolute atomic E-state index is 11.7. The molecule has 0 unspecified atom stereocenters. The number of hydrogen-bond donors (Lipinski definition) is 0. The SMILES string of the molecule is COC1CCN(c2cc(C#N)ccc2C(C)=O)CC1. The first-order chi connectivity index (χ1) is 9.15. The zero-order chi connectivity index (χ0) is 13.8. The third-order valence-electron chi connectivity index (χ3n) is 3.62. The number of nitrogens with zero attached hydrogens (tertiary/aromatic N) is 2. The van der Waals surface area contributed by atoms with E-state index in [-0.39, 0.29) is 5.78 Å². The number of piperidine rings is 1. The zero-order valence-electron chi connectivity index (χ0n) is 11.3. The Balaban J connectivity index is 2.28. The molecule has 0 aromatic heterocycles. The van der Waals surface area contributed by atoms with Crippen molar-refractivity contribution in [3.05, 3.63) is 29.3 Å². The lowest BCUT2D eigenvalue weighted by Gasteiger charge is -2.34. The Bertz CT molecular complexity index is 511. The molecule has 0 atom stereocenters. The van der Waals surface area contributed by atoms with Crippen molar-refractivity contribution in [3.63, 3.8) is 0 Å². The number of hydrogen-bond acceptors (Lipinski definition) is 4. The smallest absolute Gasteiger partial charge is 0.161 e. The summed E-state index contributed by atoms with van der Waals surface area (Å²) in [5.74, 6) is 0.0355. The maximum atomic E-state index is 11.7. The molecular weight excluding hydrogens is 240 g/mol. The zero-order valence-corrected chi connectivity index (χ0v) is 11.3. The summed E-state index contributed by atoms with van der Waals surface area (Å²) in [7, 11) is 1.73. The average Bonchev–Trinajstić information content (AvgIpc) is 2.46. The Morgan fingerprint density at radius 1 is 1.42 bits per heavy atom. The van der Waals surface area contributed by atoms with Gasteiger partial charge in [0.25, 0.3) is 0 Å². The van der Waals surface area contributed by atoms with Gasteiger partial charge in [-0.1, -0.05) is 0 Å². The number of ether oxygens (including phenoxy) is 1. The maximum Gasteiger partial charge on any atom is 0.161 e. The molecule has 0 bridgehead atoms. The molecule has 1 aliphatic heterocycles. The number of nitriles is 1. The first-order valence-corrected chi connectivity index (χ1v) is 6.48. The molecule has 1 aromatic rings. The number of methoxy groups -OCH3 is 1. The van der Waals surface area contributed by atoms with Gasteiger partial charge in [-0.25, -0.2) is 0 Å². The number of benzene rings is 1. The van der Waals surface area contributed by atoms with Crippen LogP contribution in [-0.2, 0) is 4.74 Å². The van der Waals surface area contributed by atoms with E-state index in [9.17, 15) is 4.79 Å². The van der Waals surface area contributed by atoms with Gasteiger partial charge in [0.05, 0.1) is 17.7 Å². The van der Waals surface area contributed by atoms with E-state index in [1.807, 2.05) is 6.07 Å². The number of Topliss-reactive ketones (excluding diaryl/α,β-unsaturated/α-hetero) is 1. The van der Waals surface area contributed by atoms with Crippen molar-refractivity contribution in [2.75, 3.05) is 25.1 Å².